The van der Waals surface area contributed by atoms with Gasteiger partial charge in [-0.1, -0.05) is 17.7 Å². The highest BCUT2D eigenvalue weighted by Gasteiger charge is 2.26. The summed E-state index contributed by atoms with van der Waals surface area (Å²) < 4.78 is 5.19. The lowest BCUT2D eigenvalue weighted by molar-refractivity contribution is 0.123. The van der Waals surface area contributed by atoms with Gasteiger partial charge in [0.15, 0.2) is 0 Å². The van der Waals surface area contributed by atoms with Crippen LogP contribution in [-0.2, 0) is 6.54 Å². The second kappa shape index (κ2) is 6.33. The zero-order valence-electron chi connectivity index (χ0n) is 12.1. The van der Waals surface area contributed by atoms with Gasteiger partial charge in [0.1, 0.15) is 5.75 Å². The molecule has 2 fully saturated rings. The molecule has 1 aromatic rings. The number of methoxy groups -OCH3 is 1. The number of hydrogen-bond acceptors (Lipinski definition) is 3. The minimum atomic E-state index is 0.810. The normalized spacial score (nSPS) is 21.1. The summed E-state index contributed by atoms with van der Waals surface area (Å²) in [5.41, 5.74) is 1.20. The number of halogens is 1. The van der Waals surface area contributed by atoms with Crippen LogP contribution >= 0.6 is 11.6 Å². The van der Waals surface area contributed by atoms with Gasteiger partial charge in [-0.2, -0.15) is 0 Å². The van der Waals surface area contributed by atoms with Crippen molar-refractivity contribution in [2.75, 3.05) is 39.8 Å². The first kappa shape index (κ1) is 14.2. The fraction of sp³-hybridized carbons (Fsp3) is 0.625. The minimum absolute atomic E-state index is 0.810. The molecule has 2 aliphatic rings. The maximum atomic E-state index is 6.32. The number of piperazine rings is 1. The second-order valence-corrected chi connectivity index (χ2v) is 6.38. The van der Waals surface area contributed by atoms with E-state index in [2.05, 4.69) is 15.9 Å². The Kier molecular flexibility index (Phi) is 4.49. The van der Waals surface area contributed by atoms with Crippen LogP contribution in [0.5, 0.6) is 5.75 Å². The van der Waals surface area contributed by atoms with Crippen LogP contribution in [0.1, 0.15) is 18.4 Å². The average molecular weight is 295 g/mol. The Labute approximate surface area is 126 Å². The van der Waals surface area contributed by atoms with Crippen molar-refractivity contribution in [3.05, 3.63) is 28.8 Å². The number of nitrogens with zero attached hydrogens (tertiary/aromatic N) is 2. The van der Waals surface area contributed by atoms with Crippen molar-refractivity contribution in [1.82, 2.24) is 9.80 Å². The summed E-state index contributed by atoms with van der Waals surface area (Å²) in [6.45, 7) is 6.95. The molecule has 1 heterocycles. The molecule has 0 radical (unpaired) electrons. The summed E-state index contributed by atoms with van der Waals surface area (Å²) >= 11 is 6.32. The van der Waals surface area contributed by atoms with Crippen LogP contribution in [0.2, 0.25) is 5.02 Å². The molecule has 20 heavy (non-hydrogen) atoms. The molecule has 0 bridgehead atoms. The van der Waals surface area contributed by atoms with Gasteiger partial charge in [0.25, 0.3) is 0 Å². The SMILES string of the molecule is COc1ccc(CN2CCN(CC3CC3)CC2)c(Cl)c1. The molecule has 3 nitrogen and oxygen atoms in total. The van der Waals surface area contributed by atoms with E-state index >= 15 is 0 Å². The van der Waals surface area contributed by atoms with Crippen molar-refractivity contribution in [1.29, 1.82) is 0 Å². The molecule has 1 aromatic carbocycles. The zero-order valence-corrected chi connectivity index (χ0v) is 12.9. The molecule has 0 unspecified atom stereocenters. The van der Waals surface area contributed by atoms with Gasteiger partial charge in [-0.15, -0.1) is 0 Å². The summed E-state index contributed by atoms with van der Waals surface area (Å²) in [6.07, 6.45) is 2.89. The van der Waals surface area contributed by atoms with E-state index in [-0.39, 0.29) is 0 Å². The van der Waals surface area contributed by atoms with Gasteiger partial charge >= 0.3 is 0 Å². The quantitative estimate of drug-likeness (QED) is 0.830. The van der Waals surface area contributed by atoms with Crippen LogP contribution in [0.15, 0.2) is 18.2 Å². The van der Waals surface area contributed by atoms with Crippen molar-refractivity contribution in [3.63, 3.8) is 0 Å². The maximum Gasteiger partial charge on any atom is 0.120 e. The van der Waals surface area contributed by atoms with Gasteiger partial charge in [-0.05, 0) is 36.5 Å². The Balaban J connectivity index is 1.51. The van der Waals surface area contributed by atoms with Crippen LogP contribution in [-0.4, -0.2) is 49.6 Å². The molecule has 1 aliphatic heterocycles. The number of hydrogen-bond donors (Lipinski definition) is 0. The summed E-state index contributed by atoms with van der Waals surface area (Å²) in [5.74, 6) is 1.82. The molecular weight excluding hydrogens is 272 g/mol. The van der Waals surface area contributed by atoms with Crippen LogP contribution in [0, 0.1) is 5.92 Å². The first-order valence-electron chi connectivity index (χ1n) is 7.52. The van der Waals surface area contributed by atoms with Crippen LogP contribution in [0.4, 0.5) is 0 Å². The molecule has 110 valence electrons. The summed E-state index contributed by atoms with van der Waals surface area (Å²) in [7, 11) is 1.67. The Morgan fingerprint density at radius 3 is 2.45 bits per heavy atom. The molecule has 0 aromatic heterocycles. The van der Waals surface area contributed by atoms with E-state index in [0.29, 0.717) is 0 Å². The fourth-order valence-electron chi connectivity index (χ4n) is 2.82. The van der Waals surface area contributed by atoms with Crippen molar-refractivity contribution in [2.45, 2.75) is 19.4 Å². The lowest BCUT2D eigenvalue weighted by Crippen LogP contribution is -2.46. The zero-order chi connectivity index (χ0) is 13.9. The summed E-state index contributed by atoms with van der Waals surface area (Å²) in [5, 5.41) is 0.810. The highest BCUT2D eigenvalue weighted by Crippen LogP contribution is 2.30. The Morgan fingerprint density at radius 2 is 1.85 bits per heavy atom. The Bertz CT molecular complexity index is 454. The third-order valence-electron chi connectivity index (χ3n) is 4.33. The predicted molar refractivity (Wildman–Crippen MR) is 82.4 cm³/mol. The highest BCUT2D eigenvalue weighted by molar-refractivity contribution is 6.31. The van der Waals surface area contributed by atoms with Gasteiger partial charge in [0.05, 0.1) is 7.11 Å². The Morgan fingerprint density at radius 1 is 1.15 bits per heavy atom. The second-order valence-electron chi connectivity index (χ2n) is 5.98. The first-order valence-corrected chi connectivity index (χ1v) is 7.89. The molecule has 4 heteroatoms. The van der Waals surface area contributed by atoms with Crippen molar-refractivity contribution in [2.24, 2.45) is 5.92 Å². The fourth-order valence-corrected chi connectivity index (χ4v) is 3.05. The van der Waals surface area contributed by atoms with E-state index < -0.39 is 0 Å². The molecule has 0 N–H and O–H groups in total. The van der Waals surface area contributed by atoms with Crippen LogP contribution < -0.4 is 4.74 Å². The summed E-state index contributed by atoms with van der Waals surface area (Å²) in [4.78, 5) is 5.11. The number of benzene rings is 1. The smallest absolute Gasteiger partial charge is 0.120 e. The third kappa shape index (κ3) is 3.66. The number of ether oxygens (including phenoxy) is 1. The van der Waals surface area contributed by atoms with Gasteiger partial charge in [0.2, 0.25) is 0 Å². The van der Waals surface area contributed by atoms with E-state index in [4.69, 9.17) is 16.3 Å². The van der Waals surface area contributed by atoms with E-state index in [1.54, 1.807) is 7.11 Å². The van der Waals surface area contributed by atoms with Crippen LogP contribution in [0.25, 0.3) is 0 Å². The average Bonchev–Trinajstić information content (AvgIpc) is 3.27. The van der Waals surface area contributed by atoms with Crippen LogP contribution in [0.3, 0.4) is 0 Å². The predicted octanol–water partition coefficient (Wildman–Crippen LogP) is 2.88. The van der Waals surface area contributed by atoms with Gasteiger partial charge in [-0.3, -0.25) is 4.90 Å². The third-order valence-corrected chi connectivity index (χ3v) is 4.68. The van der Waals surface area contributed by atoms with E-state index in [9.17, 15) is 0 Å². The molecule has 0 amide bonds. The summed E-state index contributed by atoms with van der Waals surface area (Å²) in [6, 6.07) is 5.97. The van der Waals surface area contributed by atoms with E-state index in [1.165, 1.54) is 38.0 Å². The standard InChI is InChI=1S/C16H23ClN2O/c1-20-15-5-4-14(16(17)10-15)12-19-8-6-18(7-9-19)11-13-2-3-13/h4-5,10,13H,2-3,6-9,11-12H2,1H3. The Hall–Kier alpha value is -0.770. The number of rotatable bonds is 5. The van der Waals surface area contributed by atoms with Crippen molar-refractivity contribution < 1.29 is 4.74 Å². The topological polar surface area (TPSA) is 15.7 Å². The molecular formula is C16H23ClN2O. The molecule has 0 spiro atoms. The van der Waals surface area contributed by atoms with Gasteiger partial charge < -0.3 is 9.64 Å². The molecule has 1 saturated heterocycles. The first-order chi connectivity index (χ1) is 9.74. The lowest BCUT2D eigenvalue weighted by atomic mass is 10.2. The largest absolute Gasteiger partial charge is 0.497 e. The van der Waals surface area contributed by atoms with Crippen molar-refractivity contribution in [3.8, 4) is 5.75 Å². The maximum absolute atomic E-state index is 6.32. The van der Waals surface area contributed by atoms with E-state index in [0.717, 1.165) is 36.3 Å². The molecule has 1 saturated carbocycles. The molecule has 3 rings (SSSR count). The lowest BCUT2D eigenvalue weighted by Gasteiger charge is -2.34. The van der Waals surface area contributed by atoms with Gasteiger partial charge in [-0.25, -0.2) is 0 Å². The monoisotopic (exact) mass is 294 g/mol. The van der Waals surface area contributed by atoms with E-state index in [1.807, 2.05) is 12.1 Å². The molecule has 0 atom stereocenters. The van der Waals surface area contributed by atoms with Crippen molar-refractivity contribution >= 4 is 11.6 Å². The molecule has 1 aliphatic carbocycles. The van der Waals surface area contributed by atoms with Gasteiger partial charge in [0, 0.05) is 44.3 Å². The highest BCUT2D eigenvalue weighted by atomic mass is 35.5. The minimum Gasteiger partial charge on any atom is -0.497 e.